The smallest absolute Gasteiger partial charge is 0.0855 e. The Labute approximate surface area is 106 Å². The van der Waals surface area contributed by atoms with E-state index in [9.17, 15) is 0 Å². The zero-order chi connectivity index (χ0) is 12.5. The van der Waals surface area contributed by atoms with E-state index in [0.717, 1.165) is 51.9 Å². The Balaban J connectivity index is 2.39. The van der Waals surface area contributed by atoms with E-state index in [-0.39, 0.29) is 0 Å². The van der Waals surface area contributed by atoms with Crippen LogP contribution in [0.15, 0.2) is 0 Å². The third-order valence-corrected chi connectivity index (χ3v) is 3.24. The normalized spacial score (nSPS) is 23.2. The van der Waals surface area contributed by atoms with Crippen molar-refractivity contribution in [2.75, 3.05) is 33.3 Å². The number of hydrogen-bond donors (Lipinski definition) is 1. The molecule has 0 amide bonds. The summed E-state index contributed by atoms with van der Waals surface area (Å²) in [6.45, 7) is 6.17. The lowest BCUT2D eigenvalue weighted by molar-refractivity contribution is -0.0400. The average molecular weight is 238 g/mol. The molecule has 0 aromatic carbocycles. The first-order valence-electron chi connectivity index (χ1n) is 6.75. The molecule has 1 saturated heterocycles. The van der Waals surface area contributed by atoms with Gasteiger partial charge in [-0.2, -0.15) is 0 Å². The van der Waals surface area contributed by atoms with Crippen LogP contribution in [0.5, 0.6) is 0 Å². The van der Waals surface area contributed by atoms with E-state index in [2.05, 4.69) is 30.1 Å². The van der Waals surface area contributed by atoms with Crippen molar-refractivity contribution < 1.29 is 4.74 Å². The molecule has 3 nitrogen and oxygen atoms in total. The van der Waals surface area contributed by atoms with E-state index >= 15 is 0 Å². The van der Waals surface area contributed by atoms with Gasteiger partial charge in [-0.1, -0.05) is 6.92 Å². The summed E-state index contributed by atoms with van der Waals surface area (Å²) in [6.07, 6.45) is 9.85. The molecule has 1 aliphatic rings. The molecule has 2 atom stereocenters. The number of rotatable bonds is 7. The van der Waals surface area contributed by atoms with Crippen molar-refractivity contribution in [3.05, 3.63) is 0 Å². The third-order valence-electron chi connectivity index (χ3n) is 3.24. The van der Waals surface area contributed by atoms with Crippen molar-refractivity contribution in [2.24, 2.45) is 0 Å². The molecule has 0 aromatic rings. The number of morpholine rings is 1. The summed E-state index contributed by atoms with van der Waals surface area (Å²) >= 11 is 0. The zero-order valence-corrected chi connectivity index (χ0v) is 11.2. The molecule has 0 radical (unpaired) electrons. The van der Waals surface area contributed by atoms with Crippen LogP contribution in [0.25, 0.3) is 0 Å². The van der Waals surface area contributed by atoms with Gasteiger partial charge in [-0.25, -0.2) is 0 Å². The first kappa shape index (κ1) is 14.5. The third kappa shape index (κ3) is 5.54. The van der Waals surface area contributed by atoms with Gasteiger partial charge in [0.25, 0.3) is 0 Å². The Morgan fingerprint density at radius 2 is 2.41 bits per heavy atom. The fraction of sp³-hybridized carbons (Fsp3) is 0.857. The van der Waals surface area contributed by atoms with E-state index in [1.807, 2.05) is 0 Å². The molecule has 17 heavy (non-hydrogen) atoms. The molecule has 1 fully saturated rings. The van der Waals surface area contributed by atoms with Crippen LogP contribution in [-0.2, 0) is 4.74 Å². The van der Waals surface area contributed by atoms with E-state index in [4.69, 9.17) is 11.2 Å². The fourth-order valence-corrected chi connectivity index (χ4v) is 2.23. The lowest BCUT2D eigenvalue weighted by Gasteiger charge is -2.35. The topological polar surface area (TPSA) is 24.5 Å². The summed E-state index contributed by atoms with van der Waals surface area (Å²) in [6, 6.07) is 0.450. The molecule has 98 valence electrons. The van der Waals surface area contributed by atoms with Gasteiger partial charge in [-0.05, 0) is 32.9 Å². The van der Waals surface area contributed by atoms with Gasteiger partial charge in [0, 0.05) is 25.6 Å². The van der Waals surface area contributed by atoms with Crippen LogP contribution in [0.1, 0.15) is 32.6 Å². The maximum absolute atomic E-state index is 5.88. The number of likely N-dealkylation sites (N-methyl/N-ethyl adjacent to an activating group) is 1. The monoisotopic (exact) mass is 238 g/mol. The molecule has 1 N–H and O–H groups in total. The van der Waals surface area contributed by atoms with Crippen LogP contribution in [0.2, 0.25) is 0 Å². The number of unbranched alkanes of at least 4 members (excludes halogenated alkanes) is 1. The van der Waals surface area contributed by atoms with Gasteiger partial charge in [-0.3, -0.25) is 0 Å². The predicted molar refractivity (Wildman–Crippen MR) is 72.0 cm³/mol. The lowest BCUT2D eigenvalue weighted by atomic mass is 10.0. The minimum Gasteiger partial charge on any atom is -0.374 e. The highest BCUT2D eigenvalue weighted by Crippen LogP contribution is 2.13. The lowest BCUT2D eigenvalue weighted by Crippen LogP contribution is -2.51. The van der Waals surface area contributed by atoms with Crippen molar-refractivity contribution in [1.82, 2.24) is 10.2 Å². The largest absolute Gasteiger partial charge is 0.374 e. The van der Waals surface area contributed by atoms with Crippen molar-refractivity contribution in [1.29, 1.82) is 0 Å². The van der Waals surface area contributed by atoms with Crippen molar-refractivity contribution in [3.8, 4) is 12.3 Å². The number of hydrogen-bond acceptors (Lipinski definition) is 3. The highest BCUT2D eigenvalue weighted by molar-refractivity contribution is 4.86. The van der Waals surface area contributed by atoms with Gasteiger partial charge in [0.05, 0.1) is 12.7 Å². The molecule has 0 aromatic heterocycles. The molecule has 0 spiro atoms. The van der Waals surface area contributed by atoms with E-state index in [1.54, 1.807) is 0 Å². The van der Waals surface area contributed by atoms with Crippen molar-refractivity contribution in [3.63, 3.8) is 0 Å². The molecule has 0 bridgehead atoms. The minimum atomic E-state index is 0.318. The Hall–Kier alpha value is -0.560. The summed E-state index contributed by atoms with van der Waals surface area (Å²) in [4.78, 5) is 2.34. The van der Waals surface area contributed by atoms with Crippen molar-refractivity contribution in [2.45, 2.75) is 44.8 Å². The highest BCUT2D eigenvalue weighted by atomic mass is 16.5. The Morgan fingerprint density at radius 1 is 1.59 bits per heavy atom. The minimum absolute atomic E-state index is 0.318. The average Bonchev–Trinajstić information content (AvgIpc) is 2.33. The second kappa shape index (κ2) is 8.52. The maximum Gasteiger partial charge on any atom is 0.0855 e. The highest BCUT2D eigenvalue weighted by Gasteiger charge is 2.25. The zero-order valence-electron chi connectivity index (χ0n) is 11.2. The van der Waals surface area contributed by atoms with Crippen LogP contribution < -0.4 is 5.32 Å². The molecular formula is C14H26N2O. The van der Waals surface area contributed by atoms with Gasteiger partial charge in [0.2, 0.25) is 0 Å². The van der Waals surface area contributed by atoms with Gasteiger partial charge >= 0.3 is 0 Å². The van der Waals surface area contributed by atoms with Gasteiger partial charge in [0.15, 0.2) is 0 Å². The van der Waals surface area contributed by atoms with Crippen LogP contribution in [0, 0.1) is 12.3 Å². The first-order valence-corrected chi connectivity index (χ1v) is 6.75. The van der Waals surface area contributed by atoms with Crippen LogP contribution in [0.3, 0.4) is 0 Å². The van der Waals surface area contributed by atoms with Crippen LogP contribution in [-0.4, -0.2) is 50.3 Å². The molecule has 1 heterocycles. The summed E-state index contributed by atoms with van der Waals surface area (Å²) in [5, 5.41) is 3.60. The molecule has 3 heteroatoms. The SMILES string of the molecule is C#CCCCC(NCCC)C1CN(C)CCO1. The van der Waals surface area contributed by atoms with Gasteiger partial charge in [-0.15, -0.1) is 12.3 Å². The number of ether oxygens (including phenoxy) is 1. The Morgan fingerprint density at radius 3 is 3.06 bits per heavy atom. The van der Waals surface area contributed by atoms with Gasteiger partial charge in [0.1, 0.15) is 0 Å². The maximum atomic E-state index is 5.88. The van der Waals surface area contributed by atoms with E-state index in [1.165, 1.54) is 0 Å². The molecule has 0 saturated carbocycles. The second-order valence-electron chi connectivity index (χ2n) is 4.83. The second-order valence-corrected chi connectivity index (χ2v) is 4.83. The molecule has 1 aliphatic heterocycles. The quantitative estimate of drug-likeness (QED) is 0.537. The summed E-state index contributed by atoms with van der Waals surface area (Å²) in [7, 11) is 2.16. The number of nitrogens with zero attached hydrogens (tertiary/aromatic N) is 1. The number of nitrogens with one attached hydrogen (secondary N) is 1. The van der Waals surface area contributed by atoms with E-state index in [0.29, 0.717) is 12.1 Å². The molecule has 0 aliphatic carbocycles. The number of terminal acetylenes is 1. The summed E-state index contributed by atoms with van der Waals surface area (Å²) in [5.41, 5.74) is 0. The Kier molecular flexibility index (Phi) is 7.27. The summed E-state index contributed by atoms with van der Waals surface area (Å²) < 4.78 is 5.88. The Bertz CT molecular complexity index is 237. The van der Waals surface area contributed by atoms with Gasteiger partial charge < -0.3 is 15.0 Å². The van der Waals surface area contributed by atoms with Crippen LogP contribution >= 0.6 is 0 Å². The molecular weight excluding hydrogens is 212 g/mol. The standard InChI is InChI=1S/C14H26N2O/c1-4-6-7-8-13(15-9-5-2)14-12-16(3)10-11-17-14/h1,13-15H,5-12H2,2-3H3. The fourth-order valence-electron chi connectivity index (χ4n) is 2.23. The van der Waals surface area contributed by atoms with Crippen molar-refractivity contribution >= 4 is 0 Å². The molecule has 2 unspecified atom stereocenters. The molecule has 1 rings (SSSR count). The predicted octanol–water partition coefficient (Wildman–Crippen LogP) is 1.49. The summed E-state index contributed by atoms with van der Waals surface area (Å²) in [5.74, 6) is 2.71. The first-order chi connectivity index (χ1) is 8.27. The van der Waals surface area contributed by atoms with Crippen LogP contribution in [0.4, 0.5) is 0 Å². The van der Waals surface area contributed by atoms with E-state index < -0.39 is 0 Å².